The second kappa shape index (κ2) is 11.3. The molecule has 0 radical (unpaired) electrons. The molecular weight excluding hydrogens is 478 g/mol. The topological polar surface area (TPSA) is 132 Å². The second-order valence-corrected chi connectivity index (χ2v) is 8.62. The number of nitrogens with one attached hydrogen (secondary N) is 2. The Morgan fingerprint density at radius 3 is 2.56 bits per heavy atom. The molecule has 2 aromatic carbocycles. The molecule has 2 aromatic rings. The minimum atomic E-state index is -0.821. The van der Waals surface area contributed by atoms with E-state index < -0.39 is 23.5 Å². The molecule has 0 fully saturated rings. The smallest absolute Gasteiger partial charge is 0.412 e. The van der Waals surface area contributed by atoms with Crippen LogP contribution in [0.4, 0.5) is 10.5 Å². The van der Waals surface area contributed by atoms with Crippen molar-refractivity contribution in [3.8, 4) is 11.8 Å². The van der Waals surface area contributed by atoms with Gasteiger partial charge in [0.15, 0.2) is 0 Å². The molecule has 0 heterocycles. The van der Waals surface area contributed by atoms with E-state index in [9.17, 15) is 14.7 Å². The summed E-state index contributed by atoms with van der Waals surface area (Å²) in [7, 11) is 0. The van der Waals surface area contributed by atoms with E-state index in [-0.39, 0.29) is 5.75 Å². The maximum atomic E-state index is 12.7. The molecule has 0 saturated carbocycles. The molecule has 9 heteroatoms. The van der Waals surface area contributed by atoms with E-state index in [0.29, 0.717) is 34.1 Å². The van der Waals surface area contributed by atoms with Crippen LogP contribution in [0.3, 0.4) is 0 Å². The van der Waals surface area contributed by atoms with Crippen molar-refractivity contribution in [2.45, 2.75) is 32.8 Å². The second-order valence-electron chi connectivity index (χ2n) is 7.71. The molecule has 32 heavy (non-hydrogen) atoms. The summed E-state index contributed by atoms with van der Waals surface area (Å²) in [4.78, 5) is 23.8. The van der Waals surface area contributed by atoms with Crippen molar-refractivity contribution in [2.75, 3.05) is 5.32 Å². The summed E-state index contributed by atoms with van der Waals surface area (Å²) in [5, 5.41) is 30.5. The fourth-order valence-corrected chi connectivity index (χ4v) is 3.45. The highest BCUT2D eigenvalue weighted by atomic mass is 79.9. The van der Waals surface area contributed by atoms with Gasteiger partial charge in [-0.15, -0.1) is 0 Å². The van der Waals surface area contributed by atoms with Crippen molar-refractivity contribution in [3.05, 3.63) is 70.2 Å². The van der Waals surface area contributed by atoms with Crippen LogP contribution in [0.2, 0.25) is 0 Å². The van der Waals surface area contributed by atoms with Crippen LogP contribution in [0.25, 0.3) is 0 Å². The zero-order chi connectivity index (χ0) is 23.7. The maximum absolute atomic E-state index is 12.7. The van der Waals surface area contributed by atoms with Gasteiger partial charge in [0.05, 0.1) is 11.6 Å². The molecule has 8 nitrogen and oxygen atoms in total. The number of carbonyl (C=O) groups is 2. The van der Waals surface area contributed by atoms with Gasteiger partial charge in [0.25, 0.3) is 5.91 Å². The number of nitrogens with zero attached hydrogens (tertiary/aromatic N) is 1. The van der Waals surface area contributed by atoms with E-state index in [1.54, 1.807) is 42.5 Å². The number of nitriles is 1. The normalized spacial score (nSPS) is 12.1. The van der Waals surface area contributed by atoms with Crippen molar-refractivity contribution >= 4 is 33.6 Å². The zero-order valence-electron chi connectivity index (χ0n) is 17.6. The predicted octanol–water partition coefficient (Wildman–Crippen LogP) is 5.18. The molecule has 2 rings (SSSR count). The van der Waals surface area contributed by atoms with E-state index in [1.807, 2.05) is 19.9 Å². The number of benzene rings is 2. The van der Waals surface area contributed by atoms with Gasteiger partial charge in [0.2, 0.25) is 0 Å². The summed E-state index contributed by atoms with van der Waals surface area (Å²) in [5.74, 6) is -0.658. The van der Waals surface area contributed by atoms with Crippen molar-refractivity contribution in [2.24, 2.45) is 5.41 Å². The van der Waals surface area contributed by atoms with Crippen molar-refractivity contribution < 1.29 is 24.6 Å². The van der Waals surface area contributed by atoms with Gasteiger partial charge < -0.3 is 9.84 Å². The van der Waals surface area contributed by atoms with Gasteiger partial charge in [-0.2, -0.15) is 5.26 Å². The monoisotopic (exact) mass is 501 g/mol. The van der Waals surface area contributed by atoms with Crippen molar-refractivity contribution in [1.82, 2.24) is 5.48 Å². The Bertz CT molecular complexity index is 1030. The standard InChI is InChI=1S/C23H24BrN3O5/c1-23(2,12-4-3-5-20(29)27-31)21(18-13-16(24)8-11-19(18)28)32-22(30)26-17-9-6-15(14-25)7-10-17/h3,5-11,13,21,28,31H,4,12H2,1-2H3,(H,26,30)(H,27,29)/b5-3+/t21-/m1/s1. The molecule has 0 aromatic heterocycles. The molecule has 0 bridgehead atoms. The van der Waals surface area contributed by atoms with Gasteiger partial charge in [-0.1, -0.05) is 35.9 Å². The predicted molar refractivity (Wildman–Crippen MR) is 122 cm³/mol. The molecule has 0 unspecified atom stereocenters. The van der Waals surface area contributed by atoms with E-state index in [4.69, 9.17) is 15.2 Å². The molecule has 4 N–H and O–H groups in total. The van der Waals surface area contributed by atoms with Gasteiger partial charge in [0, 0.05) is 27.2 Å². The van der Waals surface area contributed by atoms with Crippen LogP contribution in [0.5, 0.6) is 5.75 Å². The molecule has 0 aliphatic heterocycles. The minimum absolute atomic E-state index is 0.0207. The third kappa shape index (κ3) is 7.11. The number of rotatable bonds is 8. The Kier molecular flexibility index (Phi) is 8.81. The lowest BCUT2D eigenvalue weighted by Gasteiger charge is -2.34. The lowest BCUT2D eigenvalue weighted by molar-refractivity contribution is -0.124. The van der Waals surface area contributed by atoms with Crippen molar-refractivity contribution in [3.63, 3.8) is 0 Å². The van der Waals surface area contributed by atoms with Crippen LogP contribution in [0.1, 0.15) is 43.9 Å². The highest BCUT2D eigenvalue weighted by molar-refractivity contribution is 9.10. The fraction of sp³-hybridized carbons (Fsp3) is 0.261. The van der Waals surface area contributed by atoms with Crippen LogP contribution in [-0.2, 0) is 9.53 Å². The lowest BCUT2D eigenvalue weighted by atomic mass is 9.78. The molecular formula is C23H24BrN3O5. The van der Waals surface area contributed by atoms with Crippen LogP contribution >= 0.6 is 15.9 Å². The maximum Gasteiger partial charge on any atom is 0.412 e. The first kappa shape index (κ1) is 24.9. The highest BCUT2D eigenvalue weighted by Crippen LogP contribution is 2.44. The number of hydroxylamine groups is 1. The first-order valence-corrected chi connectivity index (χ1v) is 10.5. The number of hydrogen-bond donors (Lipinski definition) is 4. The van der Waals surface area contributed by atoms with E-state index in [1.165, 1.54) is 17.6 Å². The SMILES string of the molecule is CC(C)(CC/C=C/C(=O)NO)[C@H](OC(=O)Nc1ccc(C#N)cc1)c1cc(Br)ccc1O. The van der Waals surface area contributed by atoms with E-state index in [0.717, 1.165) is 0 Å². The summed E-state index contributed by atoms with van der Waals surface area (Å²) in [6, 6.07) is 13.2. The third-order valence-electron chi connectivity index (χ3n) is 4.80. The van der Waals surface area contributed by atoms with Gasteiger partial charge in [0.1, 0.15) is 11.9 Å². The lowest BCUT2D eigenvalue weighted by Crippen LogP contribution is -2.29. The van der Waals surface area contributed by atoms with Crippen LogP contribution in [0.15, 0.2) is 59.1 Å². The summed E-state index contributed by atoms with van der Waals surface area (Å²) >= 11 is 3.38. The number of anilines is 1. The summed E-state index contributed by atoms with van der Waals surface area (Å²) < 4.78 is 6.47. The number of phenols is 1. The molecule has 0 spiro atoms. The number of aromatic hydroxyl groups is 1. The summed E-state index contributed by atoms with van der Waals surface area (Å²) in [6.45, 7) is 3.76. The molecule has 2 amide bonds. The minimum Gasteiger partial charge on any atom is -0.508 e. The molecule has 168 valence electrons. The molecule has 1 atom stereocenters. The van der Waals surface area contributed by atoms with Crippen molar-refractivity contribution in [1.29, 1.82) is 5.26 Å². The third-order valence-corrected chi connectivity index (χ3v) is 5.30. The quantitative estimate of drug-likeness (QED) is 0.223. The Labute approximate surface area is 194 Å². The van der Waals surface area contributed by atoms with Gasteiger partial charge in [-0.05, 0) is 55.3 Å². The van der Waals surface area contributed by atoms with Crippen LogP contribution < -0.4 is 10.8 Å². The number of carbonyl (C=O) groups excluding carboxylic acids is 2. The van der Waals surface area contributed by atoms with Gasteiger partial charge in [-0.25, -0.2) is 10.3 Å². The fourth-order valence-electron chi connectivity index (χ4n) is 3.08. The number of phenolic OH excluding ortho intramolecular Hbond substituents is 1. The average molecular weight is 502 g/mol. The first-order valence-electron chi connectivity index (χ1n) is 9.73. The number of ether oxygens (including phenoxy) is 1. The summed E-state index contributed by atoms with van der Waals surface area (Å²) in [6.07, 6.45) is 2.23. The number of amides is 2. The van der Waals surface area contributed by atoms with Gasteiger partial charge in [-0.3, -0.25) is 15.3 Å². The molecule has 0 saturated heterocycles. The Hall–Kier alpha value is -3.35. The highest BCUT2D eigenvalue weighted by Gasteiger charge is 2.35. The van der Waals surface area contributed by atoms with E-state index in [2.05, 4.69) is 21.2 Å². The van der Waals surface area contributed by atoms with E-state index >= 15 is 0 Å². The largest absolute Gasteiger partial charge is 0.508 e. The first-order chi connectivity index (χ1) is 15.2. The Morgan fingerprint density at radius 2 is 1.94 bits per heavy atom. The number of halogens is 1. The number of allylic oxidation sites excluding steroid dienone is 1. The van der Waals surface area contributed by atoms with Gasteiger partial charge >= 0.3 is 6.09 Å². The summed E-state index contributed by atoms with van der Waals surface area (Å²) in [5.41, 5.74) is 2.23. The molecule has 0 aliphatic carbocycles. The Morgan fingerprint density at radius 1 is 1.25 bits per heavy atom. The average Bonchev–Trinajstić information content (AvgIpc) is 2.77. The number of hydrogen-bond acceptors (Lipinski definition) is 6. The molecule has 0 aliphatic rings. The zero-order valence-corrected chi connectivity index (χ0v) is 19.2. The van der Waals surface area contributed by atoms with Crippen LogP contribution in [0, 0.1) is 16.7 Å². The Balaban J connectivity index is 2.24. The van der Waals surface area contributed by atoms with Crippen LogP contribution in [-0.4, -0.2) is 22.3 Å².